The molecule has 0 saturated carbocycles. The molecule has 6 heteroatoms. The number of carbonyl (C=O) groups excluding carboxylic acids is 1. The first kappa shape index (κ1) is 20.9. The van der Waals surface area contributed by atoms with E-state index < -0.39 is 10.0 Å². The molecule has 0 aromatic heterocycles. The van der Waals surface area contributed by atoms with Crippen LogP contribution in [0.2, 0.25) is 0 Å². The molecule has 0 fully saturated rings. The maximum atomic E-state index is 12.4. The highest BCUT2D eigenvalue weighted by molar-refractivity contribution is 7.89. The highest BCUT2D eigenvalue weighted by Gasteiger charge is 2.15. The summed E-state index contributed by atoms with van der Waals surface area (Å²) in [5.74, 6) is 0.262. The molecule has 2 N–H and O–H groups in total. The molecule has 2 aromatic carbocycles. The zero-order chi connectivity index (χ0) is 19.9. The Kier molecular flexibility index (Phi) is 7.33. The third-order valence-corrected chi connectivity index (χ3v) is 5.54. The van der Waals surface area contributed by atoms with Crippen molar-refractivity contribution >= 4 is 22.0 Å². The van der Waals surface area contributed by atoms with E-state index in [1.807, 2.05) is 30.3 Å². The molecule has 0 spiro atoms. The minimum atomic E-state index is -3.46. The van der Waals surface area contributed by atoms with Gasteiger partial charge in [-0.15, -0.1) is 0 Å². The molecule has 0 bridgehead atoms. The van der Waals surface area contributed by atoms with Gasteiger partial charge in [-0.3, -0.25) is 4.79 Å². The Morgan fingerprint density at radius 2 is 1.67 bits per heavy atom. The summed E-state index contributed by atoms with van der Waals surface area (Å²) < 4.78 is 25.7. The van der Waals surface area contributed by atoms with E-state index in [9.17, 15) is 13.2 Å². The van der Waals surface area contributed by atoms with Crippen LogP contribution in [-0.4, -0.2) is 21.4 Å². The second-order valence-electron chi connectivity index (χ2n) is 6.71. The van der Waals surface area contributed by atoms with Gasteiger partial charge in [0.1, 0.15) is 0 Å². The molecular formula is C21H26N2O3S. The van der Waals surface area contributed by atoms with Crippen molar-refractivity contribution in [2.45, 2.75) is 31.2 Å². The zero-order valence-electron chi connectivity index (χ0n) is 15.8. The molecule has 0 heterocycles. The molecule has 0 aliphatic carbocycles. The van der Waals surface area contributed by atoms with Crippen molar-refractivity contribution in [1.29, 1.82) is 0 Å². The summed E-state index contributed by atoms with van der Waals surface area (Å²) in [6.45, 7) is 4.25. The Bertz CT molecular complexity index is 873. The Hall–Kier alpha value is -2.44. The van der Waals surface area contributed by atoms with Gasteiger partial charge in [0.2, 0.25) is 15.9 Å². The SMILES string of the molecule is CNS(=O)(=O)c1ccc(/C=C/C(=O)NC(CC(C)C)c2ccccc2)cc1. The van der Waals surface area contributed by atoms with Crippen molar-refractivity contribution in [3.8, 4) is 0 Å². The maximum absolute atomic E-state index is 12.4. The summed E-state index contributed by atoms with van der Waals surface area (Å²) in [6.07, 6.45) is 3.99. The van der Waals surface area contributed by atoms with E-state index in [4.69, 9.17) is 0 Å². The van der Waals surface area contributed by atoms with Crippen LogP contribution in [0.1, 0.15) is 37.4 Å². The van der Waals surface area contributed by atoms with Crippen molar-refractivity contribution in [2.75, 3.05) is 7.05 Å². The van der Waals surface area contributed by atoms with Gasteiger partial charge in [0.15, 0.2) is 0 Å². The largest absolute Gasteiger partial charge is 0.346 e. The summed E-state index contributed by atoms with van der Waals surface area (Å²) in [6, 6.07) is 16.2. The van der Waals surface area contributed by atoms with Gasteiger partial charge in [0.25, 0.3) is 0 Å². The van der Waals surface area contributed by atoms with E-state index in [0.717, 1.165) is 17.5 Å². The predicted molar refractivity (Wildman–Crippen MR) is 109 cm³/mol. The highest BCUT2D eigenvalue weighted by Crippen LogP contribution is 2.21. The Labute approximate surface area is 161 Å². The smallest absolute Gasteiger partial charge is 0.244 e. The van der Waals surface area contributed by atoms with Crippen LogP contribution in [0.3, 0.4) is 0 Å². The van der Waals surface area contributed by atoms with Crippen LogP contribution in [0.4, 0.5) is 0 Å². The standard InChI is InChI=1S/C21H26N2O3S/c1-16(2)15-20(18-7-5-4-6-8-18)23-21(24)14-11-17-9-12-19(13-10-17)27(25,26)22-3/h4-14,16,20,22H,15H2,1-3H3,(H,23,24)/b14-11+. The number of rotatable bonds is 8. The fraction of sp³-hybridized carbons (Fsp3) is 0.286. The topological polar surface area (TPSA) is 75.3 Å². The van der Waals surface area contributed by atoms with E-state index in [0.29, 0.717) is 5.92 Å². The molecule has 2 rings (SSSR count). The number of hydrogen-bond donors (Lipinski definition) is 2. The lowest BCUT2D eigenvalue weighted by Gasteiger charge is -2.20. The second-order valence-corrected chi connectivity index (χ2v) is 8.60. The molecule has 1 amide bonds. The fourth-order valence-electron chi connectivity index (χ4n) is 2.70. The van der Waals surface area contributed by atoms with Crippen LogP contribution in [0, 0.1) is 5.92 Å². The van der Waals surface area contributed by atoms with Crippen molar-refractivity contribution < 1.29 is 13.2 Å². The van der Waals surface area contributed by atoms with E-state index in [1.165, 1.54) is 25.3 Å². The number of hydrogen-bond acceptors (Lipinski definition) is 3. The van der Waals surface area contributed by atoms with Crippen molar-refractivity contribution in [3.05, 3.63) is 71.8 Å². The zero-order valence-corrected chi connectivity index (χ0v) is 16.7. The minimum Gasteiger partial charge on any atom is -0.346 e. The molecule has 1 unspecified atom stereocenters. The second kappa shape index (κ2) is 9.48. The molecular weight excluding hydrogens is 360 g/mol. The van der Waals surface area contributed by atoms with Gasteiger partial charge >= 0.3 is 0 Å². The lowest BCUT2D eigenvalue weighted by Crippen LogP contribution is -2.27. The molecule has 2 aromatic rings. The molecule has 0 saturated heterocycles. The summed E-state index contributed by atoms with van der Waals surface area (Å²) in [5, 5.41) is 3.05. The van der Waals surface area contributed by atoms with Crippen LogP contribution in [0.5, 0.6) is 0 Å². The third kappa shape index (κ3) is 6.34. The number of benzene rings is 2. The number of sulfonamides is 1. The van der Waals surface area contributed by atoms with Crippen LogP contribution in [0.15, 0.2) is 65.6 Å². The molecule has 0 radical (unpaired) electrons. The van der Waals surface area contributed by atoms with Crippen LogP contribution >= 0.6 is 0 Å². The molecule has 1 atom stereocenters. The molecule has 27 heavy (non-hydrogen) atoms. The van der Waals surface area contributed by atoms with Crippen molar-refractivity contribution in [1.82, 2.24) is 10.0 Å². The first-order valence-corrected chi connectivity index (χ1v) is 10.4. The van der Waals surface area contributed by atoms with Crippen LogP contribution < -0.4 is 10.0 Å². The quantitative estimate of drug-likeness (QED) is 0.682. The number of amides is 1. The van der Waals surface area contributed by atoms with Gasteiger partial charge in [0, 0.05) is 6.08 Å². The van der Waals surface area contributed by atoms with E-state index in [1.54, 1.807) is 18.2 Å². The summed E-state index contributed by atoms with van der Waals surface area (Å²) in [4.78, 5) is 12.5. The van der Waals surface area contributed by atoms with Gasteiger partial charge in [0.05, 0.1) is 10.9 Å². The summed E-state index contributed by atoms with van der Waals surface area (Å²) in [5.41, 5.74) is 1.83. The Morgan fingerprint density at radius 3 is 2.22 bits per heavy atom. The number of nitrogens with one attached hydrogen (secondary N) is 2. The summed E-state index contributed by atoms with van der Waals surface area (Å²) >= 11 is 0. The van der Waals surface area contributed by atoms with Gasteiger partial charge in [-0.1, -0.05) is 56.3 Å². The van der Waals surface area contributed by atoms with E-state index in [2.05, 4.69) is 23.9 Å². The normalized spacial score (nSPS) is 13.0. The van der Waals surface area contributed by atoms with E-state index in [-0.39, 0.29) is 16.8 Å². The maximum Gasteiger partial charge on any atom is 0.244 e. The van der Waals surface area contributed by atoms with Crippen molar-refractivity contribution in [3.63, 3.8) is 0 Å². The van der Waals surface area contributed by atoms with Gasteiger partial charge < -0.3 is 5.32 Å². The Balaban J connectivity index is 2.06. The molecule has 0 aliphatic heterocycles. The van der Waals surface area contributed by atoms with Crippen molar-refractivity contribution in [2.24, 2.45) is 5.92 Å². The first-order valence-electron chi connectivity index (χ1n) is 8.89. The van der Waals surface area contributed by atoms with Gasteiger partial charge in [-0.25, -0.2) is 13.1 Å². The molecule has 0 aliphatic rings. The average molecular weight is 387 g/mol. The van der Waals surface area contributed by atoms with Gasteiger partial charge in [-0.2, -0.15) is 0 Å². The van der Waals surface area contributed by atoms with E-state index >= 15 is 0 Å². The lowest BCUT2D eigenvalue weighted by molar-refractivity contribution is -0.117. The van der Waals surface area contributed by atoms with Gasteiger partial charge in [-0.05, 0) is 48.7 Å². The fourth-order valence-corrected chi connectivity index (χ4v) is 3.43. The Morgan fingerprint density at radius 1 is 1.04 bits per heavy atom. The van der Waals surface area contributed by atoms with Crippen LogP contribution in [-0.2, 0) is 14.8 Å². The van der Waals surface area contributed by atoms with Crippen LogP contribution in [0.25, 0.3) is 6.08 Å². The monoisotopic (exact) mass is 386 g/mol. The highest BCUT2D eigenvalue weighted by atomic mass is 32.2. The third-order valence-electron chi connectivity index (χ3n) is 4.11. The average Bonchev–Trinajstić information content (AvgIpc) is 2.66. The molecule has 144 valence electrons. The summed E-state index contributed by atoms with van der Waals surface area (Å²) in [7, 11) is -2.09. The number of carbonyl (C=O) groups is 1. The lowest BCUT2D eigenvalue weighted by atomic mass is 9.97. The molecule has 5 nitrogen and oxygen atoms in total. The predicted octanol–water partition coefficient (Wildman–Crippen LogP) is 3.51. The first-order chi connectivity index (χ1) is 12.8. The minimum absolute atomic E-state index is 0.0495.